The first kappa shape index (κ1) is 10.6. The molecule has 0 aliphatic rings. The van der Waals surface area contributed by atoms with Gasteiger partial charge >= 0.3 is 5.69 Å². The highest BCUT2D eigenvalue weighted by atomic mass is 16.2. The van der Waals surface area contributed by atoms with Crippen LogP contribution in [0.15, 0.2) is 21.9 Å². The minimum Gasteiger partial charge on any atom is -0.322 e. The van der Waals surface area contributed by atoms with Gasteiger partial charge in [-0.2, -0.15) is 0 Å². The highest BCUT2D eigenvalue weighted by molar-refractivity contribution is 4.85. The van der Waals surface area contributed by atoms with Crippen molar-refractivity contribution in [1.29, 1.82) is 0 Å². The van der Waals surface area contributed by atoms with E-state index < -0.39 is 5.69 Å². The molecule has 0 aliphatic heterocycles. The molecular weight excluding hydrogens is 182 g/mol. The van der Waals surface area contributed by atoms with Crippen molar-refractivity contribution < 1.29 is 0 Å². The number of nitrogens with zero attached hydrogens (tertiary/aromatic N) is 1. The Morgan fingerprint density at radius 1 is 1.43 bits per heavy atom. The van der Waals surface area contributed by atoms with E-state index in [1.807, 2.05) is 0 Å². The quantitative estimate of drug-likeness (QED) is 0.666. The van der Waals surface area contributed by atoms with E-state index in [-0.39, 0.29) is 5.56 Å². The number of rotatable bonds is 5. The zero-order valence-electron chi connectivity index (χ0n) is 8.25. The van der Waals surface area contributed by atoms with Crippen LogP contribution in [0.25, 0.3) is 0 Å². The number of aromatic nitrogens is 2. The van der Waals surface area contributed by atoms with Crippen LogP contribution >= 0.6 is 0 Å². The maximum absolute atomic E-state index is 11.1. The molecule has 5 heteroatoms. The maximum Gasteiger partial charge on any atom is 0.346 e. The standard InChI is InChI=1S/C9H15N3O2/c1-2-3-4-6-10-12-7-5-8(13)11-9(12)14/h5,7,10H,2-4,6H2,1H3,(H,11,13,14). The molecule has 1 aromatic rings. The van der Waals surface area contributed by atoms with Gasteiger partial charge in [0, 0.05) is 18.8 Å². The molecule has 0 amide bonds. The van der Waals surface area contributed by atoms with Crippen LogP contribution in [0.4, 0.5) is 0 Å². The van der Waals surface area contributed by atoms with Gasteiger partial charge in [0.2, 0.25) is 0 Å². The largest absolute Gasteiger partial charge is 0.346 e. The lowest BCUT2D eigenvalue weighted by Crippen LogP contribution is -2.34. The van der Waals surface area contributed by atoms with Crippen molar-refractivity contribution >= 4 is 0 Å². The zero-order chi connectivity index (χ0) is 10.4. The van der Waals surface area contributed by atoms with Crippen LogP contribution < -0.4 is 16.7 Å². The third kappa shape index (κ3) is 3.08. The van der Waals surface area contributed by atoms with E-state index >= 15 is 0 Å². The molecule has 0 saturated heterocycles. The van der Waals surface area contributed by atoms with Gasteiger partial charge < -0.3 is 5.43 Å². The summed E-state index contributed by atoms with van der Waals surface area (Å²) in [5.74, 6) is 0. The third-order valence-corrected chi connectivity index (χ3v) is 1.89. The van der Waals surface area contributed by atoms with Crippen molar-refractivity contribution in [2.24, 2.45) is 0 Å². The molecule has 0 saturated carbocycles. The molecule has 0 fully saturated rings. The van der Waals surface area contributed by atoms with Crippen molar-refractivity contribution in [2.45, 2.75) is 26.2 Å². The molecule has 5 nitrogen and oxygen atoms in total. The van der Waals surface area contributed by atoms with Gasteiger partial charge in [-0.25, -0.2) is 9.47 Å². The van der Waals surface area contributed by atoms with Crippen LogP contribution in [0.5, 0.6) is 0 Å². The molecule has 0 spiro atoms. The maximum atomic E-state index is 11.1. The van der Waals surface area contributed by atoms with E-state index in [0.29, 0.717) is 0 Å². The second-order valence-corrected chi connectivity index (χ2v) is 3.10. The molecule has 78 valence electrons. The fourth-order valence-electron chi connectivity index (χ4n) is 1.12. The Hall–Kier alpha value is -1.52. The van der Waals surface area contributed by atoms with Crippen LogP contribution in [0, 0.1) is 0 Å². The Morgan fingerprint density at radius 2 is 2.21 bits per heavy atom. The van der Waals surface area contributed by atoms with Gasteiger partial charge in [0.1, 0.15) is 0 Å². The summed E-state index contributed by atoms with van der Waals surface area (Å²) in [5, 5.41) is 0. The van der Waals surface area contributed by atoms with Gasteiger partial charge in [-0.15, -0.1) is 0 Å². The van der Waals surface area contributed by atoms with Gasteiger partial charge in [-0.1, -0.05) is 19.8 Å². The Morgan fingerprint density at radius 3 is 2.86 bits per heavy atom. The summed E-state index contributed by atoms with van der Waals surface area (Å²) in [6, 6.07) is 1.31. The van der Waals surface area contributed by atoms with Crippen molar-refractivity contribution in [3.63, 3.8) is 0 Å². The SMILES string of the molecule is CCCCCNn1ccc(=O)[nH]c1=O. The molecule has 1 rings (SSSR count). The molecule has 0 bridgehead atoms. The van der Waals surface area contributed by atoms with E-state index in [1.54, 1.807) is 0 Å². The predicted molar refractivity (Wildman–Crippen MR) is 55.1 cm³/mol. The Labute approximate surface area is 81.7 Å². The number of nitrogens with one attached hydrogen (secondary N) is 2. The molecule has 0 aromatic carbocycles. The molecule has 0 unspecified atom stereocenters. The minimum absolute atomic E-state index is 0.374. The lowest BCUT2D eigenvalue weighted by Gasteiger charge is -2.06. The van der Waals surface area contributed by atoms with E-state index in [1.165, 1.54) is 16.9 Å². The topological polar surface area (TPSA) is 66.9 Å². The lowest BCUT2D eigenvalue weighted by molar-refractivity contribution is 0.682. The average Bonchev–Trinajstić information content (AvgIpc) is 2.15. The minimum atomic E-state index is -0.422. The number of H-pyrrole nitrogens is 1. The Kier molecular flexibility index (Phi) is 3.97. The first-order valence-electron chi connectivity index (χ1n) is 4.80. The number of hydrogen-bond acceptors (Lipinski definition) is 3. The summed E-state index contributed by atoms with van der Waals surface area (Å²) < 4.78 is 1.29. The lowest BCUT2D eigenvalue weighted by atomic mass is 10.2. The molecule has 0 radical (unpaired) electrons. The summed E-state index contributed by atoms with van der Waals surface area (Å²) in [5.41, 5.74) is 2.11. The monoisotopic (exact) mass is 197 g/mol. The summed E-state index contributed by atoms with van der Waals surface area (Å²) in [7, 11) is 0. The number of aromatic amines is 1. The first-order valence-corrected chi connectivity index (χ1v) is 4.80. The Balaban J connectivity index is 2.51. The van der Waals surface area contributed by atoms with E-state index in [4.69, 9.17) is 0 Å². The summed E-state index contributed by atoms with van der Waals surface area (Å²) in [6.07, 6.45) is 4.72. The Bertz CT molecular complexity index is 380. The molecule has 1 heterocycles. The van der Waals surface area contributed by atoms with E-state index in [2.05, 4.69) is 17.3 Å². The predicted octanol–water partition coefficient (Wildman–Crippen LogP) is 0.270. The van der Waals surface area contributed by atoms with Crippen LogP contribution in [0.2, 0.25) is 0 Å². The van der Waals surface area contributed by atoms with Gasteiger partial charge in [0.15, 0.2) is 0 Å². The fourth-order valence-corrected chi connectivity index (χ4v) is 1.12. The molecule has 2 N–H and O–H groups in total. The average molecular weight is 197 g/mol. The summed E-state index contributed by atoms with van der Waals surface area (Å²) in [6.45, 7) is 2.85. The van der Waals surface area contributed by atoms with Crippen molar-refractivity contribution in [3.8, 4) is 0 Å². The molecule has 1 aromatic heterocycles. The smallest absolute Gasteiger partial charge is 0.322 e. The van der Waals surface area contributed by atoms with E-state index in [9.17, 15) is 9.59 Å². The van der Waals surface area contributed by atoms with E-state index in [0.717, 1.165) is 25.8 Å². The number of hydrogen-bond donors (Lipinski definition) is 2. The summed E-state index contributed by atoms with van der Waals surface area (Å²) >= 11 is 0. The van der Waals surface area contributed by atoms with Crippen molar-refractivity contribution in [2.75, 3.05) is 12.0 Å². The van der Waals surface area contributed by atoms with Crippen molar-refractivity contribution in [3.05, 3.63) is 33.1 Å². The molecule has 0 aliphatic carbocycles. The summed E-state index contributed by atoms with van der Waals surface area (Å²) in [4.78, 5) is 24.0. The van der Waals surface area contributed by atoms with Crippen molar-refractivity contribution in [1.82, 2.24) is 9.66 Å². The highest BCUT2D eigenvalue weighted by Gasteiger charge is 1.93. The van der Waals surface area contributed by atoms with Gasteiger partial charge in [0.05, 0.1) is 0 Å². The van der Waals surface area contributed by atoms with Crippen LogP contribution in [0.3, 0.4) is 0 Å². The third-order valence-electron chi connectivity index (χ3n) is 1.89. The van der Waals surface area contributed by atoms with Crippen LogP contribution in [-0.2, 0) is 0 Å². The van der Waals surface area contributed by atoms with Gasteiger partial charge in [-0.05, 0) is 6.42 Å². The van der Waals surface area contributed by atoms with Gasteiger partial charge in [0.25, 0.3) is 5.56 Å². The van der Waals surface area contributed by atoms with Crippen LogP contribution in [-0.4, -0.2) is 16.2 Å². The first-order chi connectivity index (χ1) is 6.74. The second-order valence-electron chi connectivity index (χ2n) is 3.10. The zero-order valence-corrected chi connectivity index (χ0v) is 8.25. The normalized spacial score (nSPS) is 10.1. The van der Waals surface area contributed by atoms with Gasteiger partial charge in [-0.3, -0.25) is 9.78 Å². The highest BCUT2D eigenvalue weighted by Crippen LogP contribution is 1.91. The number of unbranched alkanes of at least 4 members (excludes halogenated alkanes) is 2. The molecular formula is C9H15N3O2. The fraction of sp³-hybridized carbons (Fsp3) is 0.556. The molecule has 14 heavy (non-hydrogen) atoms. The van der Waals surface area contributed by atoms with Crippen LogP contribution in [0.1, 0.15) is 26.2 Å². The second kappa shape index (κ2) is 5.26. The molecule has 0 atom stereocenters.